The minimum absolute atomic E-state index is 0.449. The van der Waals surface area contributed by atoms with Gasteiger partial charge in [-0.3, -0.25) is 4.79 Å². The predicted octanol–water partition coefficient (Wildman–Crippen LogP) is 4.96. The summed E-state index contributed by atoms with van der Waals surface area (Å²) >= 11 is 0. The van der Waals surface area contributed by atoms with E-state index in [1.807, 2.05) is 42.5 Å². The fourth-order valence-electron chi connectivity index (χ4n) is 3.94. The van der Waals surface area contributed by atoms with Crippen LogP contribution < -0.4 is 5.73 Å². The molecule has 4 heteroatoms. The minimum Gasteiger partial charge on any atom is -0.366 e. The summed E-state index contributed by atoms with van der Waals surface area (Å²) in [5, 5.41) is 11.2. The standard InChI is InChI=1S/C25H22N3O/c1-2-3-7-17-12-13-20-23(14-17)28(16-19-9-5-4-8-18(19)15-26)22-11-6-10-21(24(20)22)25(27)29/h4-6,8-12,14H,2-3,7,16H2,1H3,(H2,27,29). The van der Waals surface area contributed by atoms with E-state index >= 15 is 0 Å². The van der Waals surface area contributed by atoms with Crippen LogP contribution in [0.25, 0.3) is 21.8 Å². The molecule has 0 bridgehead atoms. The molecule has 0 saturated heterocycles. The highest BCUT2D eigenvalue weighted by atomic mass is 16.1. The zero-order valence-electron chi connectivity index (χ0n) is 16.4. The number of nitriles is 1. The number of rotatable bonds is 6. The molecule has 0 aliphatic rings. The number of aryl methyl sites for hydroxylation is 1. The van der Waals surface area contributed by atoms with E-state index in [4.69, 9.17) is 5.73 Å². The van der Waals surface area contributed by atoms with Crippen LogP contribution in [-0.4, -0.2) is 10.5 Å². The molecule has 0 unspecified atom stereocenters. The molecule has 1 radical (unpaired) electrons. The Hall–Kier alpha value is -3.58. The van der Waals surface area contributed by atoms with Gasteiger partial charge in [0.15, 0.2) is 0 Å². The summed E-state index contributed by atoms with van der Waals surface area (Å²) in [6.45, 7) is 2.72. The Morgan fingerprint density at radius 1 is 1.17 bits per heavy atom. The molecule has 0 aliphatic heterocycles. The molecule has 4 aromatic rings. The Labute approximate surface area is 170 Å². The van der Waals surface area contributed by atoms with Gasteiger partial charge in [0.05, 0.1) is 22.7 Å². The zero-order chi connectivity index (χ0) is 20.4. The van der Waals surface area contributed by atoms with Crippen molar-refractivity contribution >= 4 is 27.7 Å². The lowest BCUT2D eigenvalue weighted by molar-refractivity contribution is 0.100. The third kappa shape index (κ3) is 3.36. The molecule has 0 fully saturated rings. The van der Waals surface area contributed by atoms with E-state index < -0.39 is 5.91 Å². The molecule has 0 atom stereocenters. The van der Waals surface area contributed by atoms with Crippen molar-refractivity contribution in [3.63, 3.8) is 0 Å². The smallest absolute Gasteiger partial charge is 0.249 e. The number of unbranched alkanes of at least 4 members (excludes halogenated alkanes) is 1. The van der Waals surface area contributed by atoms with Crippen molar-refractivity contribution in [3.05, 3.63) is 82.9 Å². The third-order valence-electron chi connectivity index (χ3n) is 5.40. The molecule has 143 valence electrons. The van der Waals surface area contributed by atoms with Crippen molar-refractivity contribution in [2.45, 2.75) is 32.7 Å². The second kappa shape index (κ2) is 7.81. The van der Waals surface area contributed by atoms with Gasteiger partial charge in [-0.25, -0.2) is 0 Å². The van der Waals surface area contributed by atoms with Crippen molar-refractivity contribution in [2.75, 3.05) is 0 Å². The van der Waals surface area contributed by atoms with Crippen LogP contribution in [0.15, 0.2) is 54.6 Å². The molecule has 1 aromatic heterocycles. The summed E-state index contributed by atoms with van der Waals surface area (Å²) in [7, 11) is 0. The zero-order valence-corrected chi connectivity index (χ0v) is 16.4. The van der Waals surface area contributed by atoms with E-state index in [-0.39, 0.29) is 0 Å². The lowest BCUT2D eigenvalue weighted by atomic mass is 10.0. The van der Waals surface area contributed by atoms with Gasteiger partial charge < -0.3 is 10.3 Å². The van der Waals surface area contributed by atoms with Crippen LogP contribution in [0.2, 0.25) is 0 Å². The normalized spacial score (nSPS) is 11.0. The van der Waals surface area contributed by atoms with Gasteiger partial charge in [0.1, 0.15) is 0 Å². The van der Waals surface area contributed by atoms with Crippen molar-refractivity contribution in [2.24, 2.45) is 5.73 Å². The number of hydrogen-bond donors (Lipinski definition) is 1. The number of carbonyl (C=O) groups is 1. The lowest BCUT2D eigenvalue weighted by Crippen LogP contribution is -2.11. The maximum absolute atomic E-state index is 12.1. The highest BCUT2D eigenvalue weighted by molar-refractivity contribution is 6.17. The third-order valence-corrected chi connectivity index (χ3v) is 5.40. The first-order chi connectivity index (χ1) is 14.1. The first-order valence-electron chi connectivity index (χ1n) is 9.87. The maximum atomic E-state index is 12.1. The number of nitrogens with two attached hydrogens (primary N) is 1. The molecule has 29 heavy (non-hydrogen) atoms. The average Bonchev–Trinajstić information content (AvgIpc) is 3.05. The molecule has 4 nitrogen and oxygen atoms in total. The van der Waals surface area contributed by atoms with Crippen molar-refractivity contribution in [1.29, 1.82) is 5.26 Å². The first kappa shape index (κ1) is 18.8. The Kier molecular flexibility index (Phi) is 5.05. The number of fused-ring (bicyclic) bond motifs is 3. The van der Waals surface area contributed by atoms with E-state index in [0.717, 1.165) is 46.6 Å². The monoisotopic (exact) mass is 380 g/mol. The SMILES string of the molecule is CCCCc1c[c]c2c3c(C(N)=O)cccc3n(Cc3ccccc3C#N)c2c1. The Morgan fingerprint density at radius 3 is 2.76 bits per heavy atom. The van der Waals surface area contributed by atoms with Gasteiger partial charge in [0, 0.05) is 22.9 Å². The van der Waals surface area contributed by atoms with Crippen LogP contribution >= 0.6 is 0 Å². The average molecular weight is 380 g/mol. The summed E-state index contributed by atoms with van der Waals surface area (Å²) < 4.78 is 2.17. The molecule has 1 amide bonds. The maximum Gasteiger partial charge on any atom is 0.249 e. The molecule has 2 N–H and O–H groups in total. The number of aromatic nitrogens is 1. The van der Waals surface area contributed by atoms with Crippen molar-refractivity contribution < 1.29 is 4.79 Å². The molecule has 1 heterocycles. The van der Waals surface area contributed by atoms with Gasteiger partial charge in [0.2, 0.25) is 5.91 Å². The Bertz CT molecular complexity index is 1260. The quantitative estimate of drug-likeness (QED) is 0.514. The number of nitrogens with zero attached hydrogens (tertiary/aromatic N) is 2. The van der Waals surface area contributed by atoms with Crippen LogP contribution in [0, 0.1) is 17.4 Å². The lowest BCUT2D eigenvalue weighted by Gasteiger charge is -2.10. The molecule has 0 spiro atoms. The molecule has 3 aromatic carbocycles. The highest BCUT2D eigenvalue weighted by Gasteiger charge is 2.17. The molecular weight excluding hydrogens is 358 g/mol. The largest absolute Gasteiger partial charge is 0.366 e. The summed E-state index contributed by atoms with van der Waals surface area (Å²) in [6, 6.07) is 23.1. The first-order valence-corrected chi connectivity index (χ1v) is 9.87. The van der Waals surface area contributed by atoms with Gasteiger partial charge in [-0.05, 0) is 54.3 Å². The second-order valence-corrected chi connectivity index (χ2v) is 7.29. The topological polar surface area (TPSA) is 71.8 Å². The van der Waals surface area contributed by atoms with E-state index in [1.165, 1.54) is 5.56 Å². The number of primary amides is 1. The van der Waals surface area contributed by atoms with Crippen LogP contribution in [-0.2, 0) is 13.0 Å². The van der Waals surface area contributed by atoms with E-state index in [0.29, 0.717) is 17.7 Å². The molecule has 0 saturated carbocycles. The van der Waals surface area contributed by atoms with Gasteiger partial charge in [0.25, 0.3) is 0 Å². The molecule has 0 aliphatic carbocycles. The number of amides is 1. The van der Waals surface area contributed by atoms with Crippen molar-refractivity contribution in [3.8, 4) is 6.07 Å². The second-order valence-electron chi connectivity index (χ2n) is 7.29. The van der Waals surface area contributed by atoms with Crippen LogP contribution in [0.4, 0.5) is 0 Å². The van der Waals surface area contributed by atoms with Gasteiger partial charge in [-0.15, -0.1) is 0 Å². The summed E-state index contributed by atoms with van der Waals surface area (Å²) in [5.41, 5.74) is 10.9. The van der Waals surface area contributed by atoms with Crippen LogP contribution in [0.3, 0.4) is 0 Å². The predicted molar refractivity (Wildman–Crippen MR) is 116 cm³/mol. The highest BCUT2D eigenvalue weighted by Crippen LogP contribution is 2.33. The molecule has 4 rings (SSSR count). The van der Waals surface area contributed by atoms with Gasteiger partial charge >= 0.3 is 0 Å². The van der Waals surface area contributed by atoms with Crippen molar-refractivity contribution in [1.82, 2.24) is 4.57 Å². The van der Waals surface area contributed by atoms with Crippen LogP contribution in [0.1, 0.15) is 46.8 Å². The fourth-order valence-corrected chi connectivity index (χ4v) is 3.94. The number of carbonyl (C=O) groups excluding carboxylic acids is 1. The van der Waals surface area contributed by atoms with Crippen LogP contribution in [0.5, 0.6) is 0 Å². The summed E-state index contributed by atoms with van der Waals surface area (Å²) in [6.07, 6.45) is 3.23. The van der Waals surface area contributed by atoms with E-state index in [9.17, 15) is 10.1 Å². The van der Waals surface area contributed by atoms with E-state index in [1.54, 1.807) is 6.07 Å². The number of benzene rings is 3. The molecular formula is C25H22N3O. The minimum atomic E-state index is -0.449. The Balaban J connectivity index is 2.00. The fraction of sp³-hybridized carbons (Fsp3) is 0.200. The van der Waals surface area contributed by atoms with E-state index in [2.05, 4.69) is 29.7 Å². The summed E-state index contributed by atoms with van der Waals surface area (Å²) in [5.74, 6) is -0.449. The Morgan fingerprint density at radius 2 is 2.00 bits per heavy atom. The van der Waals surface area contributed by atoms with Gasteiger partial charge in [-0.1, -0.05) is 43.7 Å². The summed E-state index contributed by atoms with van der Waals surface area (Å²) in [4.78, 5) is 12.1. The number of hydrogen-bond acceptors (Lipinski definition) is 2. The van der Waals surface area contributed by atoms with Gasteiger partial charge in [-0.2, -0.15) is 5.26 Å².